The van der Waals surface area contributed by atoms with Crippen LogP contribution in [0.1, 0.15) is 28.8 Å². The zero-order valence-corrected chi connectivity index (χ0v) is 17.9. The highest BCUT2D eigenvalue weighted by Gasteiger charge is 2.28. The molecule has 0 atom stereocenters. The predicted octanol–water partition coefficient (Wildman–Crippen LogP) is 4.49. The minimum atomic E-state index is -0.383. The molecule has 156 valence electrons. The number of benzene rings is 2. The number of amides is 1. The standard InChI is InChI=1S/C23H21BrFNO4/c24-18-3-4-19(25)16(13-18)2-6-22(27)26-9-7-15(8-10-26)23(28)17-1-5-20-21(14-17)30-12-11-29-20/h1-6,13-15H,7-12H2/b6-2+. The molecule has 0 unspecified atom stereocenters. The van der Waals surface area contributed by atoms with Crippen LogP contribution in [0.15, 0.2) is 46.9 Å². The fourth-order valence-corrected chi connectivity index (χ4v) is 4.08. The summed E-state index contributed by atoms with van der Waals surface area (Å²) in [6.45, 7) is 1.97. The van der Waals surface area contributed by atoms with Crippen molar-refractivity contribution in [2.75, 3.05) is 26.3 Å². The number of piperidine rings is 1. The fraction of sp³-hybridized carbons (Fsp3) is 0.304. The van der Waals surface area contributed by atoms with Gasteiger partial charge < -0.3 is 14.4 Å². The van der Waals surface area contributed by atoms with Gasteiger partial charge >= 0.3 is 0 Å². The van der Waals surface area contributed by atoms with Crippen LogP contribution in [0, 0.1) is 11.7 Å². The van der Waals surface area contributed by atoms with Gasteiger partial charge in [0.05, 0.1) is 0 Å². The van der Waals surface area contributed by atoms with Crippen molar-refractivity contribution >= 4 is 33.7 Å². The van der Waals surface area contributed by atoms with Crippen LogP contribution >= 0.6 is 15.9 Å². The highest BCUT2D eigenvalue weighted by atomic mass is 79.9. The van der Waals surface area contributed by atoms with Crippen LogP contribution in [-0.4, -0.2) is 42.9 Å². The third-order valence-electron chi connectivity index (χ3n) is 5.37. The molecular formula is C23H21BrFNO4. The lowest BCUT2D eigenvalue weighted by molar-refractivity contribution is -0.127. The van der Waals surface area contributed by atoms with Gasteiger partial charge in [0.15, 0.2) is 17.3 Å². The van der Waals surface area contributed by atoms with Crippen LogP contribution in [0.2, 0.25) is 0 Å². The van der Waals surface area contributed by atoms with Crippen LogP contribution in [-0.2, 0) is 4.79 Å². The quantitative estimate of drug-likeness (QED) is 0.484. The molecule has 1 amide bonds. The number of rotatable bonds is 4. The van der Waals surface area contributed by atoms with Crippen LogP contribution in [0.25, 0.3) is 6.08 Å². The largest absolute Gasteiger partial charge is 0.486 e. The molecule has 1 saturated heterocycles. The van der Waals surface area contributed by atoms with E-state index < -0.39 is 0 Å². The minimum absolute atomic E-state index is 0.0609. The Morgan fingerprint density at radius 3 is 2.53 bits per heavy atom. The van der Waals surface area contributed by atoms with Crippen molar-refractivity contribution in [1.82, 2.24) is 4.90 Å². The molecule has 0 spiro atoms. The van der Waals surface area contributed by atoms with Gasteiger partial charge in [0.1, 0.15) is 19.0 Å². The third-order valence-corrected chi connectivity index (χ3v) is 5.86. The summed E-state index contributed by atoms with van der Waals surface area (Å²) >= 11 is 3.30. The molecule has 0 radical (unpaired) electrons. The maximum absolute atomic E-state index is 13.8. The number of likely N-dealkylation sites (tertiary alicyclic amines) is 1. The SMILES string of the molecule is O=C(c1ccc2c(c1)OCCO2)C1CCN(C(=O)/C=C/c2cc(Br)ccc2F)CC1. The summed E-state index contributed by atoms with van der Waals surface area (Å²) in [5.74, 6) is 0.621. The number of ketones is 1. The fourth-order valence-electron chi connectivity index (χ4n) is 3.70. The molecule has 2 aliphatic heterocycles. The monoisotopic (exact) mass is 473 g/mol. The third kappa shape index (κ3) is 4.56. The Kier molecular flexibility index (Phi) is 6.18. The molecular weight excluding hydrogens is 453 g/mol. The lowest BCUT2D eigenvalue weighted by atomic mass is 9.88. The summed E-state index contributed by atoms with van der Waals surface area (Å²) < 4.78 is 25.6. The average Bonchev–Trinajstić information content (AvgIpc) is 2.78. The number of halogens is 2. The maximum Gasteiger partial charge on any atom is 0.246 e. The second kappa shape index (κ2) is 9.00. The van der Waals surface area contributed by atoms with E-state index in [1.807, 2.05) is 0 Å². The molecule has 2 aliphatic rings. The van der Waals surface area contributed by atoms with Crippen LogP contribution in [0.3, 0.4) is 0 Å². The summed E-state index contributed by atoms with van der Waals surface area (Å²) in [6, 6.07) is 9.86. The predicted molar refractivity (Wildman–Crippen MR) is 114 cm³/mol. The van der Waals surface area contributed by atoms with E-state index in [2.05, 4.69) is 15.9 Å². The number of fused-ring (bicyclic) bond motifs is 1. The Balaban J connectivity index is 1.35. The van der Waals surface area contributed by atoms with Gasteiger partial charge in [-0.1, -0.05) is 15.9 Å². The number of Topliss-reactive ketones (excluding diaryl/α,β-unsaturated/α-hetero) is 1. The summed E-state index contributed by atoms with van der Waals surface area (Å²) in [5.41, 5.74) is 0.954. The van der Waals surface area contributed by atoms with Crippen molar-refractivity contribution in [3.63, 3.8) is 0 Å². The van der Waals surface area contributed by atoms with E-state index in [-0.39, 0.29) is 23.4 Å². The van der Waals surface area contributed by atoms with Crippen molar-refractivity contribution < 1.29 is 23.5 Å². The lowest BCUT2D eigenvalue weighted by Crippen LogP contribution is -2.39. The molecule has 2 aromatic carbocycles. The first-order valence-electron chi connectivity index (χ1n) is 9.87. The van der Waals surface area contributed by atoms with Crippen LogP contribution in [0.5, 0.6) is 11.5 Å². The van der Waals surface area contributed by atoms with Gasteiger partial charge in [0.2, 0.25) is 5.91 Å². The molecule has 0 N–H and O–H groups in total. The number of hydrogen-bond acceptors (Lipinski definition) is 4. The Bertz CT molecular complexity index is 999. The number of carbonyl (C=O) groups excluding carboxylic acids is 2. The summed E-state index contributed by atoms with van der Waals surface area (Å²) in [4.78, 5) is 27.0. The zero-order valence-electron chi connectivity index (χ0n) is 16.3. The Morgan fingerprint density at radius 2 is 1.77 bits per heavy atom. The van der Waals surface area contributed by atoms with Gasteiger partial charge in [0, 0.05) is 40.7 Å². The molecule has 30 heavy (non-hydrogen) atoms. The molecule has 2 aromatic rings. The number of hydrogen-bond donors (Lipinski definition) is 0. The van der Waals surface area contributed by atoms with Crippen molar-refractivity contribution in [3.8, 4) is 11.5 Å². The molecule has 0 aliphatic carbocycles. The van der Waals surface area contributed by atoms with E-state index in [0.29, 0.717) is 61.8 Å². The van der Waals surface area contributed by atoms with Crippen molar-refractivity contribution in [3.05, 3.63) is 63.9 Å². The Labute approximate surface area is 182 Å². The van der Waals surface area contributed by atoms with Crippen LogP contribution in [0.4, 0.5) is 4.39 Å². The van der Waals surface area contributed by atoms with E-state index in [1.165, 1.54) is 18.2 Å². The smallest absolute Gasteiger partial charge is 0.246 e. The number of ether oxygens (including phenoxy) is 2. The van der Waals surface area contributed by atoms with Gasteiger partial charge in [-0.15, -0.1) is 0 Å². The first-order valence-corrected chi connectivity index (χ1v) is 10.7. The van der Waals surface area contributed by atoms with E-state index >= 15 is 0 Å². The van der Waals surface area contributed by atoms with Crippen molar-refractivity contribution in [1.29, 1.82) is 0 Å². The first kappa shape index (κ1) is 20.6. The number of nitrogens with zero attached hydrogens (tertiary/aromatic N) is 1. The normalized spacial score (nSPS) is 16.7. The topological polar surface area (TPSA) is 55.8 Å². The molecule has 2 heterocycles. The molecule has 7 heteroatoms. The zero-order chi connectivity index (χ0) is 21.1. The molecule has 0 aromatic heterocycles. The van der Waals surface area contributed by atoms with E-state index in [9.17, 15) is 14.0 Å². The van der Waals surface area contributed by atoms with Gasteiger partial charge in [0.25, 0.3) is 0 Å². The minimum Gasteiger partial charge on any atom is -0.486 e. The molecule has 0 bridgehead atoms. The van der Waals surface area contributed by atoms with Gasteiger partial charge in [-0.05, 0) is 55.3 Å². The summed E-state index contributed by atoms with van der Waals surface area (Å²) in [5, 5.41) is 0. The van der Waals surface area contributed by atoms with E-state index in [0.717, 1.165) is 4.47 Å². The molecule has 4 rings (SSSR count). The van der Waals surface area contributed by atoms with Crippen molar-refractivity contribution in [2.45, 2.75) is 12.8 Å². The van der Waals surface area contributed by atoms with Crippen LogP contribution < -0.4 is 9.47 Å². The lowest BCUT2D eigenvalue weighted by Gasteiger charge is -2.30. The first-order chi connectivity index (χ1) is 14.5. The summed E-state index contributed by atoms with van der Waals surface area (Å²) in [7, 11) is 0. The average molecular weight is 474 g/mol. The van der Waals surface area contributed by atoms with Crippen molar-refractivity contribution in [2.24, 2.45) is 5.92 Å². The summed E-state index contributed by atoms with van der Waals surface area (Å²) in [6.07, 6.45) is 4.05. The molecule has 5 nitrogen and oxygen atoms in total. The second-order valence-electron chi connectivity index (χ2n) is 7.32. The Morgan fingerprint density at radius 1 is 1.03 bits per heavy atom. The molecule has 0 saturated carbocycles. The van der Waals surface area contributed by atoms with Gasteiger partial charge in [-0.25, -0.2) is 4.39 Å². The highest BCUT2D eigenvalue weighted by Crippen LogP contribution is 2.32. The maximum atomic E-state index is 13.8. The molecule has 1 fully saturated rings. The second-order valence-corrected chi connectivity index (χ2v) is 8.24. The number of carbonyl (C=O) groups is 2. The van der Waals surface area contributed by atoms with Gasteiger partial charge in [-0.3, -0.25) is 9.59 Å². The Hall–Kier alpha value is -2.67. The van der Waals surface area contributed by atoms with E-state index in [1.54, 1.807) is 35.2 Å². The van der Waals surface area contributed by atoms with E-state index in [4.69, 9.17) is 9.47 Å². The highest BCUT2D eigenvalue weighted by molar-refractivity contribution is 9.10. The van der Waals surface area contributed by atoms with Gasteiger partial charge in [-0.2, -0.15) is 0 Å².